The Morgan fingerprint density at radius 3 is 2.58 bits per heavy atom. The summed E-state index contributed by atoms with van der Waals surface area (Å²) >= 11 is 0. The molecule has 0 radical (unpaired) electrons. The zero-order valence-corrected chi connectivity index (χ0v) is 14.6. The molecule has 0 aromatic heterocycles. The molecule has 136 valence electrons. The number of benzene rings is 2. The highest BCUT2D eigenvalue weighted by atomic mass is 16.2. The van der Waals surface area contributed by atoms with E-state index in [4.69, 9.17) is 11.5 Å². The number of rotatable bonds is 6. The fourth-order valence-corrected chi connectivity index (χ4v) is 3.29. The standard InChI is InChI=1S/C19H22N4O3/c1-11(24)22-14-9-12-3-2-4-15-17(12)16(10-14)19(26)23(18(15)25)8-6-13(21)5-7-20/h2-4,9-10,13H,5-8,20-21H2,1H3,(H,22,24). The predicted molar refractivity (Wildman–Crippen MR) is 99.9 cm³/mol. The Morgan fingerprint density at radius 2 is 1.88 bits per heavy atom. The first-order chi connectivity index (χ1) is 12.4. The van der Waals surface area contributed by atoms with Crippen LogP contribution in [0.25, 0.3) is 10.8 Å². The van der Waals surface area contributed by atoms with Gasteiger partial charge in [0.2, 0.25) is 5.91 Å². The van der Waals surface area contributed by atoms with E-state index in [1.54, 1.807) is 24.3 Å². The summed E-state index contributed by atoms with van der Waals surface area (Å²) < 4.78 is 0. The molecule has 1 aliphatic rings. The number of anilines is 1. The first kappa shape index (κ1) is 18.0. The molecule has 1 heterocycles. The molecule has 0 fully saturated rings. The largest absolute Gasteiger partial charge is 0.330 e. The third kappa shape index (κ3) is 3.31. The smallest absolute Gasteiger partial charge is 0.261 e. The van der Waals surface area contributed by atoms with Crippen molar-refractivity contribution in [2.75, 3.05) is 18.4 Å². The van der Waals surface area contributed by atoms with Crippen LogP contribution in [0.5, 0.6) is 0 Å². The lowest BCUT2D eigenvalue weighted by Crippen LogP contribution is -2.42. The van der Waals surface area contributed by atoms with Gasteiger partial charge in [-0.15, -0.1) is 0 Å². The van der Waals surface area contributed by atoms with Crippen molar-refractivity contribution in [3.05, 3.63) is 41.5 Å². The Labute approximate surface area is 151 Å². The fourth-order valence-electron chi connectivity index (χ4n) is 3.29. The van der Waals surface area contributed by atoms with E-state index in [-0.39, 0.29) is 30.3 Å². The highest BCUT2D eigenvalue weighted by Gasteiger charge is 2.33. The molecule has 5 N–H and O–H groups in total. The number of nitrogens with zero attached hydrogens (tertiary/aromatic N) is 1. The SMILES string of the molecule is CC(=O)Nc1cc2c3c(cccc3c1)C(=O)N(CCC(N)CCN)C2=O. The molecule has 0 spiro atoms. The third-order valence-corrected chi connectivity index (χ3v) is 4.51. The zero-order valence-electron chi connectivity index (χ0n) is 14.6. The van der Waals surface area contributed by atoms with Crippen LogP contribution in [-0.2, 0) is 4.79 Å². The summed E-state index contributed by atoms with van der Waals surface area (Å²) in [6.45, 7) is 2.10. The highest BCUT2D eigenvalue weighted by molar-refractivity contribution is 6.26. The van der Waals surface area contributed by atoms with E-state index in [0.717, 1.165) is 5.39 Å². The average molecular weight is 354 g/mol. The number of amides is 3. The van der Waals surface area contributed by atoms with Gasteiger partial charge in [-0.05, 0) is 43.0 Å². The van der Waals surface area contributed by atoms with E-state index in [1.165, 1.54) is 11.8 Å². The van der Waals surface area contributed by atoms with Crippen LogP contribution in [0, 0.1) is 0 Å². The predicted octanol–water partition coefficient (Wildman–Crippen LogP) is 1.46. The van der Waals surface area contributed by atoms with Crippen LogP contribution in [0.1, 0.15) is 40.5 Å². The minimum Gasteiger partial charge on any atom is -0.330 e. The monoisotopic (exact) mass is 354 g/mol. The van der Waals surface area contributed by atoms with Gasteiger partial charge in [-0.3, -0.25) is 19.3 Å². The van der Waals surface area contributed by atoms with Crippen molar-refractivity contribution in [2.45, 2.75) is 25.8 Å². The Morgan fingerprint density at radius 1 is 1.15 bits per heavy atom. The van der Waals surface area contributed by atoms with E-state index in [1.807, 2.05) is 6.07 Å². The van der Waals surface area contributed by atoms with Gasteiger partial charge >= 0.3 is 0 Å². The van der Waals surface area contributed by atoms with Crippen LogP contribution < -0.4 is 16.8 Å². The lowest BCUT2D eigenvalue weighted by molar-refractivity contribution is -0.114. The molecule has 0 saturated carbocycles. The van der Waals surface area contributed by atoms with E-state index in [0.29, 0.717) is 41.6 Å². The molecule has 1 aliphatic heterocycles. The van der Waals surface area contributed by atoms with Gasteiger partial charge in [0.1, 0.15) is 0 Å². The van der Waals surface area contributed by atoms with Gasteiger partial charge in [-0.25, -0.2) is 0 Å². The molecule has 1 unspecified atom stereocenters. The van der Waals surface area contributed by atoms with Gasteiger partial charge in [0.15, 0.2) is 0 Å². The maximum Gasteiger partial charge on any atom is 0.261 e. The summed E-state index contributed by atoms with van der Waals surface area (Å²) in [5.74, 6) is -0.914. The van der Waals surface area contributed by atoms with Crippen LogP contribution >= 0.6 is 0 Å². The topological polar surface area (TPSA) is 119 Å². The van der Waals surface area contributed by atoms with Gasteiger partial charge in [0.05, 0.1) is 5.56 Å². The first-order valence-corrected chi connectivity index (χ1v) is 8.58. The Hall–Kier alpha value is -2.77. The molecular weight excluding hydrogens is 332 g/mol. The van der Waals surface area contributed by atoms with Crippen molar-refractivity contribution < 1.29 is 14.4 Å². The number of hydrogen-bond acceptors (Lipinski definition) is 5. The molecule has 2 aromatic carbocycles. The second-order valence-electron chi connectivity index (χ2n) is 6.50. The number of carbonyl (C=O) groups is 3. The van der Waals surface area contributed by atoms with Crippen LogP contribution in [0.3, 0.4) is 0 Å². The van der Waals surface area contributed by atoms with E-state index in [2.05, 4.69) is 5.32 Å². The lowest BCUT2D eigenvalue weighted by atomic mass is 9.93. The van der Waals surface area contributed by atoms with Crippen LogP contribution in [-0.4, -0.2) is 41.8 Å². The van der Waals surface area contributed by atoms with E-state index >= 15 is 0 Å². The summed E-state index contributed by atoms with van der Waals surface area (Å²) in [5.41, 5.74) is 12.9. The number of nitrogens with two attached hydrogens (primary N) is 2. The maximum atomic E-state index is 12.9. The minimum atomic E-state index is -0.370. The van der Waals surface area contributed by atoms with Crippen molar-refractivity contribution in [3.8, 4) is 0 Å². The zero-order chi connectivity index (χ0) is 18.8. The molecule has 0 saturated heterocycles. The highest BCUT2D eigenvalue weighted by Crippen LogP contribution is 2.33. The molecule has 1 atom stereocenters. The van der Waals surface area contributed by atoms with Gasteiger partial charge in [-0.1, -0.05) is 12.1 Å². The fraction of sp³-hybridized carbons (Fsp3) is 0.316. The van der Waals surface area contributed by atoms with Crippen molar-refractivity contribution >= 4 is 34.2 Å². The summed E-state index contributed by atoms with van der Waals surface area (Å²) in [4.78, 5) is 38.4. The lowest BCUT2D eigenvalue weighted by Gasteiger charge is -2.28. The number of nitrogens with one attached hydrogen (secondary N) is 1. The number of carbonyl (C=O) groups excluding carboxylic acids is 3. The Balaban J connectivity index is 2.01. The Bertz CT molecular complexity index is 894. The van der Waals surface area contributed by atoms with Crippen LogP contribution in [0.2, 0.25) is 0 Å². The van der Waals surface area contributed by atoms with Gasteiger partial charge in [-0.2, -0.15) is 0 Å². The minimum absolute atomic E-state index is 0.163. The molecular formula is C19H22N4O3. The molecule has 0 bridgehead atoms. The van der Waals surface area contributed by atoms with Crippen LogP contribution in [0.4, 0.5) is 5.69 Å². The second-order valence-corrected chi connectivity index (χ2v) is 6.50. The molecule has 7 nitrogen and oxygen atoms in total. The maximum absolute atomic E-state index is 12.9. The molecule has 2 aromatic rings. The molecule has 0 aliphatic carbocycles. The van der Waals surface area contributed by atoms with Gasteiger partial charge in [0, 0.05) is 36.1 Å². The first-order valence-electron chi connectivity index (χ1n) is 8.58. The summed E-state index contributed by atoms with van der Waals surface area (Å²) in [6.07, 6.45) is 1.13. The van der Waals surface area contributed by atoms with Gasteiger partial charge < -0.3 is 16.8 Å². The second kappa shape index (κ2) is 7.23. The number of hydrogen-bond donors (Lipinski definition) is 3. The van der Waals surface area contributed by atoms with E-state index < -0.39 is 0 Å². The van der Waals surface area contributed by atoms with Crippen molar-refractivity contribution in [3.63, 3.8) is 0 Å². The molecule has 26 heavy (non-hydrogen) atoms. The number of imide groups is 1. The van der Waals surface area contributed by atoms with Crippen LogP contribution in [0.15, 0.2) is 30.3 Å². The summed E-state index contributed by atoms with van der Waals surface area (Å²) in [7, 11) is 0. The van der Waals surface area contributed by atoms with Crippen molar-refractivity contribution in [1.82, 2.24) is 4.90 Å². The molecule has 3 amide bonds. The molecule has 3 rings (SSSR count). The normalized spacial score (nSPS) is 14.7. The quantitative estimate of drug-likeness (QED) is 0.679. The summed E-state index contributed by atoms with van der Waals surface area (Å²) in [5, 5.41) is 4.07. The third-order valence-electron chi connectivity index (χ3n) is 4.51. The molecule has 7 heteroatoms. The van der Waals surface area contributed by atoms with Gasteiger partial charge in [0.25, 0.3) is 11.8 Å². The van der Waals surface area contributed by atoms with Crippen molar-refractivity contribution in [2.24, 2.45) is 11.5 Å². The average Bonchev–Trinajstić information content (AvgIpc) is 2.59. The van der Waals surface area contributed by atoms with E-state index in [9.17, 15) is 14.4 Å². The summed E-state index contributed by atoms with van der Waals surface area (Å²) in [6, 6.07) is 8.52. The van der Waals surface area contributed by atoms with Crippen molar-refractivity contribution in [1.29, 1.82) is 0 Å². The Kier molecular flexibility index (Phi) is 5.01.